The Kier molecular flexibility index (Phi) is 4.35. The fourth-order valence-corrected chi connectivity index (χ4v) is 1.55. The second kappa shape index (κ2) is 5.10. The van der Waals surface area contributed by atoms with Gasteiger partial charge in [0.05, 0.1) is 12.2 Å². The van der Waals surface area contributed by atoms with E-state index in [0.29, 0.717) is 0 Å². The smallest absolute Gasteiger partial charge is 0.0600 e. The molecule has 0 heterocycles. The molecule has 0 aromatic heterocycles. The van der Waals surface area contributed by atoms with E-state index in [9.17, 15) is 0 Å². The zero-order valence-electron chi connectivity index (χ0n) is 9.75. The van der Waals surface area contributed by atoms with Crippen LogP contribution in [0.3, 0.4) is 0 Å². The zero-order chi connectivity index (χ0) is 10.6. The van der Waals surface area contributed by atoms with Gasteiger partial charge in [-0.1, -0.05) is 0 Å². The number of nitrogens with two attached hydrogens (primary N) is 1. The Balaban J connectivity index is 2.13. The topological polar surface area (TPSA) is 38.5 Å². The van der Waals surface area contributed by atoms with Gasteiger partial charge in [-0.05, 0) is 33.6 Å². The van der Waals surface area contributed by atoms with E-state index in [1.54, 1.807) is 0 Å². The largest absolute Gasteiger partial charge is 0.375 e. The molecule has 0 aromatic rings. The molecular weight excluding hydrogens is 176 g/mol. The lowest BCUT2D eigenvalue weighted by Gasteiger charge is -2.25. The first-order valence-corrected chi connectivity index (χ1v) is 5.61. The molecule has 2 N–H and O–H groups in total. The summed E-state index contributed by atoms with van der Waals surface area (Å²) in [7, 11) is 0. The number of hydrogen-bond acceptors (Lipinski definition) is 3. The minimum atomic E-state index is -0.0159. The van der Waals surface area contributed by atoms with Crippen LogP contribution < -0.4 is 5.73 Å². The molecule has 0 bridgehead atoms. The second-order valence-electron chi connectivity index (χ2n) is 5.02. The van der Waals surface area contributed by atoms with Gasteiger partial charge in [-0.25, -0.2) is 0 Å². The minimum Gasteiger partial charge on any atom is -0.375 e. The molecule has 1 saturated carbocycles. The average Bonchev–Trinajstić information content (AvgIpc) is 2.83. The van der Waals surface area contributed by atoms with Gasteiger partial charge in [0, 0.05) is 25.7 Å². The van der Waals surface area contributed by atoms with Crippen LogP contribution in [-0.4, -0.2) is 42.8 Å². The summed E-state index contributed by atoms with van der Waals surface area (Å²) in [6, 6.07) is 0.794. The molecular formula is C11H24N2O. The Morgan fingerprint density at radius 2 is 1.93 bits per heavy atom. The third-order valence-electron chi connectivity index (χ3n) is 2.39. The van der Waals surface area contributed by atoms with Crippen molar-refractivity contribution in [3.63, 3.8) is 0 Å². The Hall–Kier alpha value is -0.120. The Bertz CT molecular complexity index is 161. The quantitative estimate of drug-likeness (QED) is 0.701. The van der Waals surface area contributed by atoms with E-state index < -0.39 is 0 Å². The van der Waals surface area contributed by atoms with Gasteiger partial charge in [-0.3, -0.25) is 4.90 Å². The maximum absolute atomic E-state index is 5.70. The lowest BCUT2D eigenvalue weighted by Crippen LogP contribution is -2.35. The number of rotatable bonds is 6. The van der Waals surface area contributed by atoms with Gasteiger partial charge >= 0.3 is 0 Å². The molecule has 0 spiro atoms. The van der Waals surface area contributed by atoms with Crippen LogP contribution in [-0.2, 0) is 4.74 Å². The molecule has 0 aromatic carbocycles. The van der Waals surface area contributed by atoms with Crippen molar-refractivity contribution >= 4 is 0 Å². The van der Waals surface area contributed by atoms with Crippen LogP contribution >= 0.6 is 0 Å². The Morgan fingerprint density at radius 3 is 2.36 bits per heavy atom. The molecule has 0 radical (unpaired) electrons. The van der Waals surface area contributed by atoms with Crippen molar-refractivity contribution in [1.82, 2.24) is 4.90 Å². The molecule has 1 aliphatic carbocycles. The molecule has 1 rings (SSSR count). The molecule has 84 valence electrons. The van der Waals surface area contributed by atoms with E-state index in [1.165, 1.54) is 12.8 Å². The third kappa shape index (κ3) is 4.94. The zero-order valence-corrected chi connectivity index (χ0v) is 9.75. The first kappa shape index (κ1) is 12.0. The van der Waals surface area contributed by atoms with Gasteiger partial charge in [0.15, 0.2) is 0 Å². The SMILES string of the molecule is CC(C)(C)OCCN(CCN)C1CC1. The summed E-state index contributed by atoms with van der Waals surface area (Å²) in [6.07, 6.45) is 2.69. The van der Waals surface area contributed by atoms with Gasteiger partial charge < -0.3 is 10.5 Å². The van der Waals surface area contributed by atoms with Crippen molar-refractivity contribution in [3.05, 3.63) is 0 Å². The van der Waals surface area contributed by atoms with Crippen LogP contribution in [0.2, 0.25) is 0 Å². The van der Waals surface area contributed by atoms with Crippen LogP contribution in [0.4, 0.5) is 0 Å². The van der Waals surface area contributed by atoms with Crippen LogP contribution in [0, 0.1) is 0 Å². The maximum atomic E-state index is 5.70. The summed E-state index contributed by atoms with van der Waals surface area (Å²) >= 11 is 0. The van der Waals surface area contributed by atoms with Gasteiger partial charge in [0.1, 0.15) is 0 Å². The van der Waals surface area contributed by atoms with E-state index >= 15 is 0 Å². The molecule has 1 fully saturated rings. The highest BCUT2D eigenvalue weighted by Crippen LogP contribution is 2.26. The molecule has 14 heavy (non-hydrogen) atoms. The van der Waals surface area contributed by atoms with Gasteiger partial charge in [-0.2, -0.15) is 0 Å². The maximum Gasteiger partial charge on any atom is 0.0600 e. The van der Waals surface area contributed by atoms with Crippen molar-refractivity contribution in [2.75, 3.05) is 26.2 Å². The summed E-state index contributed by atoms with van der Waals surface area (Å²) in [5, 5.41) is 0. The van der Waals surface area contributed by atoms with Crippen molar-refractivity contribution in [2.45, 2.75) is 45.3 Å². The Morgan fingerprint density at radius 1 is 1.29 bits per heavy atom. The molecule has 0 saturated heterocycles. The number of ether oxygens (including phenoxy) is 1. The first-order valence-electron chi connectivity index (χ1n) is 5.61. The van der Waals surface area contributed by atoms with E-state index in [2.05, 4.69) is 25.7 Å². The summed E-state index contributed by atoms with van der Waals surface area (Å²) in [4.78, 5) is 2.45. The summed E-state index contributed by atoms with van der Waals surface area (Å²) in [6.45, 7) is 9.90. The Labute approximate surface area is 87.6 Å². The van der Waals surface area contributed by atoms with E-state index in [-0.39, 0.29) is 5.60 Å². The standard InChI is InChI=1S/C11H24N2O/c1-11(2,3)14-9-8-13(7-6-12)10-4-5-10/h10H,4-9,12H2,1-3H3. The second-order valence-corrected chi connectivity index (χ2v) is 5.02. The predicted octanol–water partition coefficient (Wildman–Crippen LogP) is 1.22. The van der Waals surface area contributed by atoms with Crippen molar-refractivity contribution in [1.29, 1.82) is 0 Å². The van der Waals surface area contributed by atoms with E-state index in [1.807, 2.05) is 0 Å². The molecule has 3 heteroatoms. The first-order chi connectivity index (χ1) is 6.53. The van der Waals surface area contributed by atoms with Crippen molar-refractivity contribution < 1.29 is 4.74 Å². The van der Waals surface area contributed by atoms with Crippen LogP contribution in [0.5, 0.6) is 0 Å². The fourth-order valence-electron chi connectivity index (χ4n) is 1.55. The highest BCUT2D eigenvalue weighted by Gasteiger charge is 2.28. The lowest BCUT2D eigenvalue weighted by atomic mass is 10.2. The van der Waals surface area contributed by atoms with Crippen molar-refractivity contribution in [2.24, 2.45) is 5.73 Å². The summed E-state index contributed by atoms with van der Waals surface area (Å²) < 4.78 is 5.70. The highest BCUT2D eigenvalue weighted by molar-refractivity contribution is 4.84. The molecule has 0 unspecified atom stereocenters. The summed E-state index contributed by atoms with van der Waals surface area (Å²) in [5.74, 6) is 0. The fraction of sp³-hybridized carbons (Fsp3) is 1.00. The molecule has 0 amide bonds. The monoisotopic (exact) mass is 200 g/mol. The van der Waals surface area contributed by atoms with Crippen molar-refractivity contribution in [3.8, 4) is 0 Å². The highest BCUT2D eigenvalue weighted by atomic mass is 16.5. The molecule has 1 aliphatic rings. The molecule has 0 aliphatic heterocycles. The number of nitrogens with zero attached hydrogens (tertiary/aromatic N) is 1. The molecule has 3 nitrogen and oxygen atoms in total. The number of hydrogen-bond donors (Lipinski definition) is 1. The van der Waals surface area contributed by atoms with Crippen LogP contribution in [0.25, 0.3) is 0 Å². The summed E-state index contributed by atoms with van der Waals surface area (Å²) in [5.41, 5.74) is 5.55. The van der Waals surface area contributed by atoms with Gasteiger partial charge in [-0.15, -0.1) is 0 Å². The van der Waals surface area contributed by atoms with E-state index in [4.69, 9.17) is 10.5 Å². The lowest BCUT2D eigenvalue weighted by molar-refractivity contribution is -0.0136. The van der Waals surface area contributed by atoms with Crippen LogP contribution in [0.15, 0.2) is 0 Å². The minimum absolute atomic E-state index is 0.0159. The third-order valence-corrected chi connectivity index (χ3v) is 2.39. The predicted molar refractivity (Wildman–Crippen MR) is 59.4 cm³/mol. The normalized spacial score (nSPS) is 17.8. The van der Waals surface area contributed by atoms with Gasteiger partial charge in [0.25, 0.3) is 0 Å². The average molecular weight is 200 g/mol. The van der Waals surface area contributed by atoms with Gasteiger partial charge in [0.2, 0.25) is 0 Å². The van der Waals surface area contributed by atoms with Crippen LogP contribution in [0.1, 0.15) is 33.6 Å². The van der Waals surface area contributed by atoms with E-state index in [0.717, 1.165) is 32.3 Å². The molecule has 0 atom stereocenters.